The van der Waals surface area contributed by atoms with Gasteiger partial charge in [-0.05, 0) is 61.0 Å². The summed E-state index contributed by atoms with van der Waals surface area (Å²) in [6.07, 6.45) is 1.55. The van der Waals surface area contributed by atoms with Crippen molar-refractivity contribution in [3.8, 4) is 0 Å². The van der Waals surface area contributed by atoms with Crippen LogP contribution >= 0.6 is 15.9 Å². The first-order valence-corrected chi connectivity index (χ1v) is 10.9. The Morgan fingerprint density at radius 3 is 2.17 bits per heavy atom. The number of anilines is 1. The van der Waals surface area contributed by atoms with E-state index in [4.69, 9.17) is 0 Å². The zero-order valence-corrected chi connectivity index (χ0v) is 17.9. The van der Waals surface area contributed by atoms with Gasteiger partial charge in [-0.15, -0.1) is 0 Å². The molecule has 3 aromatic carbocycles. The molecule has 0 aromatic heterocycles. The summed E-state index contributed by atoms with van der Waals surface area (Å²) in [5.41, 5.74) is 5.17. The molecule has 0 radical (unpaired) electrons. The Morgan fingerprint density at radius 2 is 1.55 bits per heavy atom. The van der Waals surface area contributed by atoms with Crippen LogP contribution in [0.25, 0.3) is 0 Å². The Kier molecular flexibility index (Phi) is 6.46. The van der Waals surface area contributed by atoms with Gasteiger partial charge in [-0.2, -0.15) is 5.10 Å². The molecule has 0 spiro atoms. The lowest BCUT2D eigenvalue weighted by Gasteiger charge is -2.09. The molecule has 29 heavy (non-hydrogen) atoms. The summed E-state index contributed by atoms with van der Waals surface area (Å²) in [6.45, 7) is 1.99. The highest BCUT2D eigenvalue weighted by Gasteiger charge is 2.14. The Hall–Kier alpha value is -2.97. The predicted octanol–water partition coefficient (Wildman–Crippen LogP) is 4.32. The van der Waals surface area contributed by atoms with Crippen LogP contribution in [0, 0.1) is 6.92 Å². The van der Waals surface area contributed by atoms with Crippen molar-refractivity contribution in [2.75, 3.05) is 4.72 Å². The number of sulfonamides is 1. The molecule has 0 heterocycles. The second-order valence-corrected chi connectivity index (χ2v) is 8.84. The lowest BCUT2D eigenvalue weighted by atomic mass is 10.2. The third kappa shape index (κ3) is 5.75. The number of hydrazone groups is 1. The molecule has 148 valence electrons. The van der Waals surface area contributed by atoms with Gasteiger partial charge in [-0.3, -0.25) is 9.52 Å². The van der Waals surface area contributed by atoms with Gasteiger partial charge in [0.05, 0.1) is 11.1 Å². The van der Waals surface area contributed by atoms with E-state index in [1.54, 1.807) is 18.3 Å². The Balaban J connectivity index is 1.62. The van der Waals surface area contributed by atoms with Crippen molar-refractivity contribution in [1.82, 2.24) is 5.43 Å². The molecule has 0 saturated heterocycles. The number of aryl methyl sites for hydroxylation is 1. The number of halogens is 1. The predicted molar refractivity (Wildman–Crippen MR) is 118 cm³/mol. The average molecular weight is 472 g/mol. The quantitative estimate of drug-likeness (QED) is 0.414. The van der Waals surface area contributed by atoms with Crippen LogP contribution in [0.4, 0.5) is 5.69 Å². The molecule has 0 aliphatic heterocycles. The monoisotopic (exact) mass is 471 g/mol. The molecule has 0 bridgehead atoms. The maximum Gasteiger partial charge on any atom is 0.271 e. The number of rotatable bonds is 6. The minimum Gasteiger partial charge on any atom is -0.280 e. The maximum absolute atomic E-state index is 12.4. The molecule has 3 rings (SSSR count). The van der Waals surface area contributed by atoms with E-state index in [0.717, 1.165) is 15.6 Å². The largest absolute Gasteiger partial charge is 0.280 e. The number of nitrogens with zero attached hydrogens (tertiary/aromatic N) is 1. The number of hydrogen-bond donors (Lipinski definition) is 2. The Labute approximate surface area is 177 Å². The van der Waals surface area contributed by atoms with Gasteiger partial charge in [0, 0.05) is 15.7 Å². The van der Waals surface area contributed by atoms with Gasteiger partial charge in [0.1, 0.15) is 0 Å². The van der Waals surface area contributed by atoms with E-state index in [9.17, 15) is 13.2 Å². The van der Waals surface area contributed by atoms with Crippen molar-refractivity contribution in [2.24, 2.45) is 5.10 Å². The summed E-state index contributed by atoms with van der Waals surface area (Å²) in [6, 6.07) is 20.1. The number of carbonyl (C=O) groups excluding carboxylic acids is 1. The van der Waals surface area contributed by atoms with Gasteiger partial charge in [-0.1, -0.05) is 45.8 Å². The van der Waals surface area contributed by atoms with Gasteiger partial charge in [-0.25, -0.2) is 13.8 Å². The summed E-state index contributed by atoms with van der Waals surface area (Å²) in [5.74, 6) is -0.393. The number of benzene rings is 3. The average Bonchev–Trinajstić information content (AvgIpc) is 2.70. The number of carbonyl (C=O) groups is 1. The summed E-state index contributed by atoms with van der Waals surface area (Å²) in [7, 11) is -3.71. The molecule has 0 saturated carbocycles. The fourth-order valence-corrected chi connectivity index (χ4v) is 3.72. The van der Waals surface area contributed by atoms with Crippen molar-refractivity contribution >= 4 is 43.8 Å². The van der Waals surface area contributed by atoms with Crippen LogP contribution in [0.2, 0.25) is 0 Å². The zero-order chi connectivity index (χ0) is 20.9. The highest BCUT2D eigenvalue weighted by Crippen LogP contribution is 2.19. The normalized spacial score (nSPS) is 11.4. The minimum atomic E-state index is -3.71. The lowest BCUT2D eigenvalue weighted by Crippen LogP contribution is -2.18. The number of amides is 1. The minimum absolute atomic E-state index is 0.146. The molecule has 6 nitrogen and oxygen atoms in total. The fourth-order valence-electron chi connectivity index (χ4n) is 2.40. The van der Waals surface area contributed by atoms with Crippen molar-refractivity contribution < 1.29 is 13.2 Å². The van der Waals surface area contributed by atoms with Crippen molar-refractivity contribution in [2.45, 2.75) is 11.8 Å². The van der Waals surface area contributed by atoms with Crippen LogP contribution in [-0.4, -0.2) is 20.5 Å². The van der Waals surface area contributed by atoms with Crippen molar-refractivity contribution in [3.63, 3.8) is 0 Å². The molecule has 3 aromatic rings. The van der Waals surface area contributed by atoms with E-state index >= 15 is 0 Å². The molecule has 0 fully saturated rings. The molecular weight excluding hydrogens is 454 g/mol. The molecule has 0 atom stereocenters. The van der Waals surface area contributed by atoms with E-state index in [1.807, 2.05) is 31.2 Å². The van der Waals surface area contributed by atoms with Crippen LogP contribution in [0.3, 0.4) is 0 Å². The summed E-state index contributed by atoms with van der Waals surface area (Å²) < 4.78 is 28.1. The van der Waals surface area contributed by atoms with Gasteiger partial charge >= 0.3 is 0 Å². The molecule has 8 heteroatoms. The van der Waals surface area contributed by atoms with Gasteiger partial charge < -0.3 is 0 Å². The van der Waals surface area contributed by atoms with Crippen molar-refractivity contribution in [1.29, 1.82) is 0 Å². The van der Waals surface area contributed by atoms with Crippen LogP contribution in [-0.2, 0) is 10.0 Å². The highest BCUT2D eigenvalue weighted by atomic mass is 79.9. The maximum atomic E-state index is 12.4. The first-order chi connectivity index (χ1) is 13.8. The van der Waals surface area contributed by atoms with Crippen molar-refractivity contribution in [3.05, 3.63) is 94.0 Å². The van der Waals surface area contributed by atoms with E-state index in [-0.39, 0.29) is 4.90 Å². The van der Waals surface area contributed by atoms with E-state index in [2.05, 4.69) is 31.2 Å². The third-order valence-electron chi connectivity index (χ3n) is 3.98. The first kappa shape index (κ1) is 20.8. The van der Waals surface area contributed by atoms with Crippen LogP contribution in [0.15, 0.2) is 87.3 Å². The zero-order valence-electron chi connectivity index (χ0n) is 15.5. The Bertz CT molecular complexity index is 1130. The highest BCUT2D eigenvalue weighted by molar-refractivity contribution is 9.10. The third-order valence-corrected chi connectivity index (χ3v) is 5.91. The molecule has 0 aliphatic rings. The van der Waals surface area contributed by atoms with Gasteiger partial charge in [0.2, 0.25) is 0 Å². The van der Waals surface area contributed by atoms with E-state index in [1.165, 1.54) is 36.4 Å². The standard InChI is InChI=1S/C21H18BrN3O3S/c1-15-2-4-16(5-3-15)14-23-24-21(26)17-6-10-19(11-7-17)25-29(27,28)20-12-8-18(22)9-13-20/h2-14,25H,1H3,(H,24,26)/b23-14+. The Morgan fingerprint density at radius 1 is 0.931 bits per heavy atom. The second kappa shape index (κ2) is 9.02. The van der Waals surface area contributed by atoms with Gasteiger partial charge in [0.25, 0.3) is 15.9 Å². The smallest absolute Gasteiger partial charge is 0.271 e. The van der Waals surface area contributed by atoms with E-state index in [0.29, 0.717) is 11.3 Å². The summed E-state index contributed by atoms with van der Waals surface area (Å²) >= 11 is 3.27. The molecule has 0 unspecified atom stereocenters. The number of nitrogens with one attached hydrogen (secondary N) is 2. The molecule has 0 aliphatic carbocycles. The van der Waals surface area contributed by atoms with Crippen LogP contribution in [0.1, 0.15) is 21.5 Å². The molecule has 2 N–H and O–H groups in total. The van der Waals surface area contributed by atoms with E-state index < -0.39 is 15.9 Å². The molecule has 1 amide bonds. The summed E-state index contributed by atoms with van der Waals surface area (Å²) in [4.78, 5) is 12.3. The number of hydrogen-bond acceptors (Lipinski definition) is 4. The summed E-state index contributed by atoms with van der Waals surface area (Å²) in [5, 5.41) is 3.94. The van der Waals surface area contributed by atoms with Crippen LogP contribution < -0.4 is 10.1 Å². The van der Waals surface area contributed by atoms with Gasteiger partial charge in [0.15, 0.2) is 0 Å². The molecular formula is C21H18BrN3O3S. The fraction of sp³-hybridized carbons (Fsp3) is 0.0476. The van der Waals surface area contributed by atoms with Crippen LogP contribution in [0.5, 0.6) is 0 Å². The first-order valence-electron chi connectivity index (χ1n) is 8.62. The lowest BCUT2D eigenvalue weighted by molar-refractivity contribution is 0.0955. The SMILES string of the molecule is Cc1ccc(/C=N/NC(=O)c2ccc(NS(=O)(=O)c3ccc(Br)cc3)cc2)cc1. The second-order valence-electron chi connectivity index (χ2n) is 6.25. The topological polar surface area (TPSA) is 87.6 Å².